The van der Waals surface area contributed by atoms with Crippen LogP contribution in [0, 0.1) is 0 Å². The summed E-state index contributed by atoms with van der Waals surface area (Å²) in [5.74, 6) is 0. The van der Waals surface area contributed by atoms with Crippen LogP contribution in [0.3, 0.4) is 0 Å². The Labute approximate surface area is 111 Å². The van der Waals surface area contributed by atoms with Gasteiger partial charge >= 0.3 is 0 Å². The third-order valence-electron chi connectivity index (χ3n) is 3.88. The molecule has 0 saturated carbocycles. The van der Waals surface area contributed by atoms with Gasteiger partial charge in [0, 0.05) is 13.1 Å². The summed E-state index contributed by atoms with van der Waals surface area (Å²) in [7, 11) is 0. The van der Waals surface area contributed by atoms with Gasteiger partial charge in [-0.05, 0) is 31.4 Å². The molecule has 0 aliphatic carbocycles. The molecule has 1 unspecified atom stereocenters. The van der Waals surface area contributed by atoms with Gasteiger partial charge in [-0.2, -0.15) is 0 Å². The summed E-state index contributed by atoms with van der Waals surface area (Å²) in [4.78, 5) is 2.50. The highest BCUT2D eigenvalue weighted by atomic mass is 16.5. The van der Waals surface area contributed by atoms with Gasteiger partial charge in [0.1, 0.15) is 0 Å². The van der Waals surface area contributed by atoms with Crippen molar-refractivity contribution in [1.82, 2.24) is 4.90 Å². The molecule has 0 radical (unpaired) electrons. The lowest BCUT2D eigenvalue weighted by atomic mass is 10.0. The van der Waals surface area contributed by atoms with E-state index in [-0.39, 0.29) is 6.10 Å². The van der Waals surface area contributed by atoms with E-state index in [9.17, 15) is 0 Å². The molecule has 0 aromatic heterocycles. The fourth-order valence-corrected chi connectivity index (χ4v) is 2.67. The number of hydrogen-bond donors (Lipinski definition) is 0. The van der Waals surface area contributed by atoms with Crippen LogP contribution in [-0.2, 0) is 4.74 Å². The van der Waals surface area contributed by atoms with Gasteiger partial charge in [0.05, 0.1) is 12.2 Å². The molecule has 2 rings (SSSR count). The fraction of sp³-hybridized carbons (Fsp3) is 0.625. The molecule has 2 heteroatoms. The maximum atomic E-state index is 6.29. The van der Waals surface area contributed by atoms with Crippen LogP contribution in [0.15, 0.2) is 30.3 Å². The Hall–Kier alpha value is -0.860. The average molecular weight is 247 g/mol. The molecule has 0 N–H and O–H groups in total. The zero-order valence-electron chi connectivity index (χ0n) is 11.6. The Bertz CT molecular complexity index is 330. The highest BCUT2D eigenvalue weighted by Crippen LogP contribution is 2.26. The third kappa shape index (κ3) is 3.56. The van der Waals surface area contributed by atoms with Gasteiger partial charge < -0.3 is 9.64 Å². The second-order valence-corrected chi connectivity index (χ2v) is 5.08. The van der Waals surface area contributed by atoms with Gasteiger partial charge in [-0.15, -0.1) is 0 Å². The van der Waals surface area contributed by atoms with Crippen molar-refractivity contribution in [2.75, 3.05) is 19.6 Å². The molecule has 0 bridgehead atoms. The van der Waals surface area contributed by atoms with E-state index in [4.69, 9.17) is 4.74 Å². The monoisotopic (exact) mass is 247 g/mol. The molecule has 100 valence electrons. The first-order valence-corrected chi connectivity index (χ1v) is 7.26. The largest absolute Gasteiger partial charge is 0.370 e. The van der Waals surface area contributed by atoms with Crippen molar-refractivity contribution >= 4 is 0 Å². The molecule has 1 saturated heterocycles. The Balaban J connectivity index is 1.88. The molecule has 1 aromatic rings. The van der Waals surface area contributed by atoms with E-state index in [1.807, 2.05) is 0 Å². The van der Waals surface area contributed by atoms with Gasteiger partial charge in [-0.25, -0.2) is 0 Å². The molecule has 0 amide bonds. The van der Waals surface area contributed by atoms with Crippen LogP contribution in [0.5, 0.6) is 0 Å². The number of likely N-dealkylation sites (tertiary alicyclic amines) is 1. The van der Waals surface area contributed by atoms with Crippen LogP contribution in [0.1, 0.15) is 44.8 Å². The van der Waals surface area contributed by atoms with E-state index >= 15 is 0 Å². The van der Waals surface area contributed by atoms with Gasteiger partial charge in [-0.3, -0.25) is 0 Å². The SMILES string of the molecule is CCC(OC1CCN(CC)CC1)c1ccccc1. The van der Waals surface area contributed by atoms with Crippen LogP contribution in [-0.4, -0.2) is 30.6 Å². The molecule has 1 fully saturated rings. The summed E-state index contributed by atoms with van der Waals surface area (Å²) in [6, 6.07) is 10.6. The minimum atomic E-state index is 0.268. The first-order chi connectivity index (χ1) is 8.83. The summed E-state index contributed by atoms with van der Waals surface area (Å²) in [5, 5.41) is 0. The summed E-state index contributed by atoms with van der Waals surface area (Å²) in [6.07, 6.45) is 4.12. The van der Waals surface area contributed by atoms with Gasteiger partial charge in [0.25, 0.3) is 0 Å². The van der Waals surface area contributed by atoms with Crippen molar-refractivity contribution in [3.63, 3.8) is 0 Å². The third-order valence-corrected chi connectivity index (χ3v) is 3.88. The molecular weight excluding hydrogens is 222 g/mol. The maximum Gasteiger partial charge on any atom is 0.0826 e. The van der Waals surface area contributed by atoms with Crippen LogP contribution in [0.4, 0.5) is 0 Å². The van der Waals surface area contributed by atoms with Crippen LogP contribution in [0.25, 0.3) is 0 Å². The topological polar surface area (TPSA) is 12.5 Å². The Morgan fingerprint density at radius 3 is 2.39 bits per heavy atom. The number of ether oxygens (including phenoxy) is 1. The standard InChI is InChI=1S/C16H25NO/c1-3-16(14-8-6-5-7-9-14)18-15-10-12-17(4-2)13-11-15/h5-9,15-16H,3-4,10-13H2,1-2H3. The zero-order valence-corrected chi connectivity index (χ0v) is 11.6. The molecule has 1 heterocycles. The van der Waals surface area contributed by atoms with Crippen molar-refractivity contribution in [2.24, 2.45) is 0 Å². The zero-order chi connectivity index (χ0) is 12.8. The number of rotatable bonds is 5. The molecular formula is C16H25NO. The first kappa shape index (κ1) is 13.6. The normalized spacial score (nSPS) is 19.9. The lowest BCUT2D eigenvalue weighted by Gasteiger charge is -2.33. The first-order valence-electron chi connectivity index (χ1n) is 7.26. The number of piperidine rings is 1. The molecule has 1 atom stereocenters. The summed E-state index contributed by atoms with van der Waals surface area (Å²) in [5.41, 5.74) is 1.32. The van der Waals surface area contributed by atoms with E-state index in [1.165, 1.54) is 38.0 Å². The predicted molar refractivity (Wildman–Crippen MR) is 75.7 cm³/mol. The van der Waals surface area contributed by atoms with E-state index in [0.717, 1.165) is 6.42 Å². The van der Waals surface area contributed by atoms with E-state index < -0.39 is 0 Å². The number of nitrogens with zero attached hydrogens (tertiary/aromatic N) is 1. The molecule has 1 aliphatic heterocycles. The molecule has 2 nitrogen and oxygen atoms in total. The summed E-state index contributed by atoms with van der Waals surface area (Å²) >= 11 is 0. The summed E-state index contributed by atoms with van der Waals surface area (Å²) < 4.78 is 6.29. The smallest absolute Gasteiger partial charge is 0.0826 e. The lowest BCUT2D eigenvalue weighted by Crippen LogP contribution is -2.37. The van der Waals surface area contributed by atoms with E-state index in [1.54, 1.807) is 0 Å². The second kappa shape index (κ2) is 6.91. The van der Waals surface area contributed by atoms with Crippen molar-refractivity contribution in [1.29, 1.82) is 0 Å². The van der Waals surface area contributed by atoms with Crippen LogP contribution in [0.2, 0.25) is 0 Å². The van der Waals surface area contributed by atoms with Gasteiger partial charge in [0.15, 0.2) is 0 Å². The quantitative estimate of drug-likeness (QED) is 0.787. The summed E-state index contributed by atoms with van der Waals surface area (Å²) in [6.45, 7) is 7.99. The number of hydrogen-bond acceptors (Lipinski definition) is 2. The minimum Gasteiger partial charge on any atom is -0.370 e. The predicted octanol–water partition coefficient (Wildman–Crippen LogP) is 3.64. The molecule has 1 aliphatic rings. The second-order valence-electron chi connectivity index (χ2n) is 5.08. The molecule has 18 heavy (non-hydrogen) atoms. The van der Waals surface area contributed by atoms with Gasteiger partial charge in [-0.1, -0.05) is 44.2 Å². The lowest BCUT2D eigenvalue weighted by molar-refractivity contribution is -0.0448. The van der Waals surface area contributed by atoms with Crippen LogP contribution >= 0.6 is 0 Å². The van der Waals surface area contributed by atoms with E-state index in [0.29, 0.717) is 6.10 Å². The highest BCUT2D eigenvalue weighted by Gasteiger charge is 2.22. The van der Waals surface area contributed by atoms with Gasteiger partial charge in [0.2, 0.25) is 0 Å². The van der Waals surface area contributed by atoms with E-state index in [2.05, 4.69) is 49.1 Å². The van der Waals surface area contributed by atoms with Crippen molar-refractivity contribution in [3.8, 4) is 0 Å². The van der Waals surface area contributed by atoms with Crippen molar-refractivity contribution < 1.29 is 4.74 Å². The Morgan fingerprint density at radius 1 is 1.17 bits per heavy atom. The fourth-order valence-electron chi connectivity index (χ4n) is 2.67. The highest BCUT2D eigenvalue weighted by molar-refractivity contribution is 5.17. The maximum absolute atomic E-state index is 6.29. The minimum absolute atomic E-state index is 0.268. The number of benzene rings is 1. The van der Waals surface area contributed by atoms with Crippen LogP contribution < -0.4 is 0 Å². The Morgan fingerprint density at radius 2 is 1.83 bits per heavy atom. The molecule has 0 spiro atoms. The van der Waals surface area contributed by atoms with Crippen molar-refractivity contribution in [2.45, 2.75) is 45.3 Å². The average Bonchev–Trinajstić information content (AvgIpc) is 2.46. The Kier molecular flexibility index (Phi) is 5.21. The molecule has 1 aromatic carbocycles. The van der Waals surface area contributed by atoms with Crippen molar-refractivity contribution in [3.05, 3.63) is 35.9 Å².